The molecule has 0 spiro atoms. The van der Waals surface area contributed by atoms with Gasteiger partial charge < -0.3 is 5.32 Å². The van der Waals surface area contributed by atoms with E-state index < -0.39 is 0 Å². The van der Waals surface area contributed by atoms with Crippen LogP contribution in [-0.4, -0.2) is 7.05 Å². The Hall–Kier alpha value is -0.350. The second-order valence-electron chi connectivity index (χ2n) is 3.38. The minimum Gasteiger partial charge on any atom is -0.309 e. The monoisotopic (exact) mass is 257 g/mol. The van der Waals surface area contributed by atoms with Gasteiger partial charge >= 0.3 is 0 Å². The summed E-state index contributed by atoms with van der Waals surface area (Å²) in [6.07, 6.45) is 0. The van der Waals surface area contributed by atoms with Crippen LogP contribution in [0.15, 0.2) is 22.2 Å². The fourth-order valence-corrected chi connectivity index (χ4v) is 3.66. The first-order chi connectivity index (χ1) is 7.24. The van der Waals surface area contributed by atoms with Crippen molar-refractivity contribution in [2.24, 2.45) is 0 Å². The molecule has 0 saturated carbocycles. The molecule has 15 heavy (non-hydrogen) atoms. The van der Waals surface area contributed by atoms with Crippen molar-refractivity contribution in [2.45, 2.75) is 13.0 Å². The van der Waals surface area contributed by atoms with E-state index in [1.165, 1.54) is 10.4 Å². The standard InChI is InChI=1S/C11H12ClNS2/c1-7-5-15-11(9(7)12)10(13-2)8-3-4-14-6-8/h3-6,10,13H,1-2H3. The van der Waals surface area contributed by atoms with Crippen LogP contribution in [0.5, 0.6) is 0 Å². The van der Waals surface area contributed by atoms with Gasteiger partial charge in [0.2, 0.25) is 0 Å². The van der Waals surface area contributed by atoms with Crippen LogP contribution in [0, 0.1) is 6.92 Å². The van der Waals surface area contributed by atoms with Gasteiger partial charge in [0.1, 0.15) is 0 Å². The topological polar surface area (TPSA) is 12.0 Å². The maximum absolute atomic E-state index is 6.27. The van der Waals surface area contributed by atoms with Crippen molar-refractivity contribution in [3.63, 3.8) is 0 Å². The summed E-state index contributed by atoms with van der Waals surface area (Å²) < 4.78 is 0. The van der Waals surface area contributed by atoms with Gasteiger partial charge in [-0.2, -0.15) is 11.3 Å². The van der Waals surface area contributed by atoms with E-state index in [0.29, 0.717) is 0 Å². The van der Waals surface area contributed by atoms with Crippen LogP contribution < -0.4 is 5.32 Å². The van der Waals surface area contributed by atoms with Crippen LogP contribution in [0.25, 0.3) is 0 Å². The lowest BCUT2D eigenvalue weighted by Gasteiger charge is -2.13. The van der Waals surface area contributed by atoms with Gasteiger partial charge in [-0.1, -0.05) is 11.6 Å². The molecule has 0 aliphatic heterocycles. The Balaban J connectivity index is 2.40. The minimum atomic E-state index is 0.224. The number of nitrogens with one attached hydrogen (secondary N) is 1. The molecular formula is C11H12ClNS2. The zero-order valence-electron chi connectivity index (χ0n) is 8.58. The Labute approximate surface area is 103 Å². The van der Waals surface area contributed by atoms with Crippen LogP contribution in [0.4, 0.5) is 0 Å². The van der Waals surface area contributed by atoms with Crippen LogP contribution in [0.2, 0.25) is 5.02 Å². The average molecular weight is 258 g/mol. The minimum absolute atomic E-state index is 0.224. The Morgan fingerprint density at radius 1 is 1.40 bits per heavy atom. The lowest BCUT2D eigenvalue weighted by Crippen LogP contribution is -2.16. The van der Waals surface area contributed by atoms with E-state index >= 15 is 0 Å². The van der Waals surface area contributed by atoms with Gasteiger partial charge in [0.25, 0.3) is 0 Å². The molecule has 2 aromatic heterocycles. The van der Waals surface area contributed by atoms with Crippen molar-refractivity contribution in [1.82, 2.24) is 5.32 Å². The normalized spacial score (nSPS) is 13.0. The van der Waals surface area contributed by atoms with E-state index in [9.17, 15) is 0 Å². The van der Waals surface area contributed by atoms with Gasteiger partial charge in [0.15, 0.2) is 0 Å². The molecule has 4 heteroatoms. The fourth-order valence-electron chi connectivity index (χ4n) is 1.53. The maximum Gasteiger partial charge on any atom is 0.0691 e. The Bertz CT molecular complexity index is 433. The number of halogens is 1. The molecule has 0 aliphatic carbocycles. The Kier molecular flexibility index (Phi) is 3.46. The Morgan fingerprint density at radius 2 is 2.20 bits per heavy atom. The van der Waals surface area contributed by atoms with Crippen LogP contribution >= 0.6 is 34.3 Å². The third-order valence-electron chi connectivity index (χ3n) is 2.35. The highest BCUT2D eigenvalue weighted by Gasteiger charge is 2.18. The maximum atomic E-state index is 6.27. The van der Waals surface area contributed by atoms with Crippen LogP contribution in [0.3, 0.4) is 0 Å². The summed E-state index contributed by atoms with van der Waals surface area (Å²) in [5, 5.41) is 10.6. The second kappa shape index (κ2) is 4.66. The van der Waals surface area contributed by atoms with Crippen molar-refractivity contribution < 1.29 is 0 Å². The molecule has 1 atom stereocenters. The molecule has 0 bridgehead atoms. The molecule has 1 nitrogen and oxygen atoms in total. The first-order valence-corrected chi connectivity index (χ1v) is 6.87. The number of hydrogen-bond donors (Lipinski definition) is 1. The number of thiophene rings is 2. The lowest BCUT2D eigenvalue weighted by atomic mass is 10.1. The van der Waals surface area contributed by atoms with Gasteiger partial charge in [-0.05, 0) is 47.3 Å². The summed E-state index contributed by atoms with van der Waals surface area (Å²) in [5.41, 5.74) is 2.44. The zero-order chi connectivity index (χ0) is 10.8. The second-order valence-corrected chi connectivity index (χ2v) is 5.44. The molecule has 0 radical (unpaired) electrons. The smallest absolute Gasteiger partial charge is 0.0691 e. The molecule has 1 unspecified atom stereocenters. The van der Waals surface area contributed by atoms with Crippen molar-refractivity contribution in [3.05, 3.63) is 43.2 Å². The summed E-state index contributed by atoms with van der Waals surface area (Å²) in [7, 11) is 1.97. The summed E-state index contributed by atoms with van der Waals surface area (Å²) >= 11 is 9.70. The molecule has 80 valence electrons. The SMILES string of the molecule is CNC(c1ccsc1)c1scc(C)c1Cl. The molecule has 2 rings (SSSR count). The van der Waals surface area contributed by atoms with E-state index in [1.54, 1.807) is 22.7 Å². The Morgan fingerprint density at radius 3 is 2.67 bits per heavy atom. The van der Waals surface area contributed by atoms with Gasteiger partial charge in [0, 0.05) is 4.88 Å². The van der Waals surface area contributed by atoms with Crippen molar-refractivity contribution in [3.8, 4) is 0 Å². The molecule has 2 heterocycles. The highest BCUT2D eigenvalue weighted by Crippen LogP contribution is 2.35. The molecule has 0 aromatic carbocycles. The predicted molar refractivity (Wildman–Crippen MR) is 69.3 cm³/mol. The van der Waals surface area contributed by atoms with Gasteiger partial charge in [0.05, 0.1) is 11.1 Å². The van der Waals surface area contributed by atoms with E-state index in [-0.39, 0.29) is 6.04 Å². The highest BCUT2D eigenvalue weighted by atomic mass is 35.5. The van der Waals surface area contributed by atoms with Crippen LogP contribution in [-0.2, 0) is 0 Å². The number of rotatable bonds is 3. The highest BCUT2D eigenvalue weighted by molar-refractivity contribution is 7.11. The first kappa shape index (κ1) is 11.1. The third-order valence-corrected chi connectivity index (χ3v) is 4.83. The first-order valence-electron chi connectivity index (χ1n) is 4.67. The lowest BCUT2D eigenvalue weighted by molar-refractivity contribution is 0.706. The summed E-state index contributed by atoms with van der Waals surface area (Å²) in [5.74, 6) is 0. The quantitative estimate of drug-likeness (QED) is 0.874. The third kappa shape index (κ3) is 2.11. The van der Waals surface area contributed by atoms with Crippen molar-refractivity contribution in [1.29, 1.82) is 0 Å². The molecule has 1 N–H and O–H groups in total. The number of hydrogen-bond acceptors (Lipinski definition) is 3. The van der Waals surface area contributed by atoms with Crippen molar-refractivity contribution >= 4 is 34.3 Å². The summed E-state index contributed by atoms with van der Waals surface area (Å²) in [4.78, 5) is 1.20. The molecular weight excluding hydrogens is 246 g/mol. The summed E-state index contributed by atoms with van der Waals surface area (Å²) in [6, 6.07) is 2.36. The van der Waals surface area contributed by atoms with E-state index in [4.69, 9.17) is 11.6 Å². The average Bonchev–Trinajstić information content (AvgIpc) is 2.84. The molecule has 0 amide bonds. The fraction of sp³-hybridized carbons (Fsp3) is 0.273. The van der Waals surface area contributed by atoms with Crippen LogP contribution in [0.1, 0.15) is 22.0 Å². The van der Waals surface area contributed by atoms with Gasteiger partial charge in [-0.25, -0.2) is 0 Å². The molecule has 0 aliphatic rings. The molecule has 2 aromatic rings. The molecule has 0 saturated heterocycles. The van der Waals surface area contributed by atoms with Gasteiger partial charge in [-0.3, -0.25) is 0 Å². The van der Waals surface area contributed by atoms with E-state index in [2.05, 4.69) is 27.5 Å². The van der Waals surface area contributed by atoms with Gasteiger partial charge in [-0.15, -0.1) is 11.3 Å². The molecule has 0 fully saturated rings. The largest absolute Gasteiger partial charge is 0.309 e. The summed E-state index contributed by atoms with van der Waals surface area (Å²) in [6.45, 7) is 2.04. The number of aryl methyl sites for hydroxylation is 1. The van der Waals surface area contributed by atoms with Crippen molar-refractivity contribution in [2.75, 3.05) is 7.05 Å². The zero-order valence-corrected chi connectivity index (χ0v) is 11.0. The van der Waals surface area contributed by atoms with E-state index in [0.717, 1.165) is 10.6 Å². The van der Waals surface area contributed by atoms with E-state index in [1.807, 2.05) is 14.0 Å². The predicted octanol–water partition coefficient (Wildman–Crippen LogP) is 4.08.